The summed E-state index contributed by atoms with van der Waals surface area (Å²) < 4.78 is 16.4. The average Bonchev–Trinajstić information content (AvgIpc) is 2.62. The van der Waals surface area contributed by atoms with Crippen LogP contribution in [-0.2, 0) is 4.79 Å². The number of carbonyl (C=O) groups excluding carboxylic acids is 1. The lowest BCUT2D eigenvalue weighted by atomic mass is 10.2. The lowest BCUT2D eigenvalue weighted by Gasteiger charge is -2.13. The molecule has 2 aromatic carbocycles. The number of hydrogen-bond donors (Lipinski definition) is 1. The molecule has 5 nitrogen and oxygen atoms in total. The zero-order chi connectivity index (χ0) is 18.9. The van der Waals surface area contributed by atoms with Crippen molar-refractivity contribution < 1.29 is 19.0 Å². The summed E-state index contributed by atoms with van der Waals surface area (Å²) in [4.78, 5) is 12.1. The molecule has 0 spiro atoms. The number of anilines is 1. The standard InChI is InChI=1S/C21H25NO4/c1-5-25-18-10-8-17(9-11-18)22-21(23)13-7-16-6-12-19(26-15(2)3)20(14-16)24-4/h6-15H,5H2,1-4H3,(H,22,23). The molecule has 0 saturated carbocycles. The summed E-state index contributed by atoms with van der Waals surface area (Å²) in [6.45, 7) is 6.45. The second-order valence-corrected chi connectivity index (χ2v) is 5.86. The minimum absolute atomic E-state index is 0.0604. The molecule has 5 heteroatoms. The van der Waals surface area contributed by atoms with Crippen molar-refractivity contribution in [3.63, 3.8) is 0 Å². The predicted molar refractivity (Wildman–Crippen MR) is 104 cm³/mol. The van der Waals surface area contributed by atoms with Gasteiger partial charge in [0, 0.05) is 11.8 Å². The molecule has 2 aromatic rings. The minimum Gasteiger partial charge on any atom is -0.494 e. The molecule has 0 aromatic heterocycles. The smallest absolute Gasteiger partial charge is 0.248 e. The lowest BCUT2D eigenvalue weighted by Crippen LogP contribution is -2.07. The highest BCUT2D eigenvalue weighted by Crippen LogP contribution is 2.29. The fraction of sp³-hybridized carbons (Fsp3) is 0.286. The third kappa shape index (κ3) is 5.84. The fourth-order valence-corrected chi connectivity index (χ4v) is 2.30. The van der Waals surface area contributed by atoms with Crippen molar-refractivity contribution in [3.05, 3.63) is 54.1 Å². The van der Waals surface area contributed by atoms with Crippen LogP contribution in [0.4, 0.5) is 5.69 Å². The third-order valence-corrected chi connectivity index (χ3v) is 3.41. The van der Waals surface area contributed by atoms with Crippen LogP contribution in [0.3, 0.4) is 0 Å². The molecule has 0 saturated heterocycles. The Labute approximate surface area is 154 Å². The van der Waals surface area contributed by atoms with Gasteiger partial charge in [0.05, 0.1) is 19.8 Å². The van der Waals surface area contributed by atoms with E-state index in [4.69, 9.17) is 14.2 Å². The van der Waals surface area contributed by atoms with E-state index in [9.17, 15) is 4.79 Å². The van der Waals surface area contributed by atoms with Crippen LogP contribution in [0.2, 0.25) is 0 Å². The summed E-state index contributed by atoms with van der Waals surface area (Å²) in [5.41, 5.74) is 1.56. The maximum Gasteiger partial charge on any atom is 0.248 e. The Balaban J connectivity index is 2.00. The van der Waals surface area contributed by atoms with Crippen LogP contribution in [0, 0.1) is 0 Å². The number of methoxy groups -OCH3 is 1. The number of carbonyl (C=O) groups is 1. The zero-order valence-corrected chi connectivity index (χ0v) is 15.6. The van der Waals surface area contributed by atoms with Gasteiger partial charge < -0.3 is 19.5 Å². The van der Waals surface area contributed by atoms with Crippen molar-refractivity contribution in [2.75, 3.05) is 19.0 Å². The molecular weight excluding hydrogens is 330 g/mol. The Morgan fingerprint density at radius 3 is 2.46 bits per heavy atom. The highest BCUT2D eigenvalue weighted by atomic mass is 16.5. The van der Waals surface area contributed by atoms with E-state index >= 15 is 0 Å². The van der Waals surface area contributed by atoms with E-state index in [-0.39, 0.29) is 12.0 Å². The van der Waals surface area contributed by atoms with Crippen LogP contribution in [0.5, 0.6) is 17.2 Å². The normalized spacial score (nSPS) is 10.8. The molecule has 0 bridgehead atoms. The molecule has 0 atom stereocenters. The molecule has 0 unspecified atom stereocenters. The van der Waals surface area contributed by atoms with E-state index < -0.39 is 0 Å². The first-order valence-electron chi connectivity index (χ1n) is 8.58. The molecule has 138 valence electrons. The maximum absolute atomic E-state index is 12.1. The van der Waals surface area contributed by atoms with E-state index in [1.807, 2.05) is 51.1 Å². The summed E-state index contributed by atoms with van der Waals surface area (Å²) in [5, 5.41) is 2.81. The van der Waals surface area contributed by atoms with E-state index in [1.165, 1.54) is 6.08 Å². The molecule has 0 fully saturated rings. The van der Waals surface area contributed by atoms with Gasteiger partial charge in [-0.3, -0.25) is 4.79 Å². The van der Waals surface area contributed by atoms with Crippen molar-refractivity contribution in [3.8, 4) is 17.2 Å². The van der Waals surface area contributed by atoms with Crippen LogP contribution in [0.15, 0.2) is 48.5 Å². The molecule has 26 heavy (non-hydrogen) atoms. The van der Waals surface area contributed by atoms with Crippen molar-refractivity contribution in [1.29, 1.82) is 0 Å². The molecule has 0 heterocycles. The second-order valence-electron chi connectivity index (χ2n) is 5.86. The van der Waals surface area contributed by atoms with Crippen LogP contribution in [0.25, 0.3) is 6.08 Å². The first kappa shape index (κ1) is 19.4. The van der Waals surface area contributed by atoms with Crippen LogP contribution < -0.4 is 19.5 Å². The van der Waals surface area contributed by atoms with E-state index in [0.29, 0.717) is 23.8 Å². The van der Waals surface area contributed by atoms with Gasteiger partial charge in [-0.05, 0) is 68.8 Å². The van der Waals surface area contributed by atoms with Gasteiger partial charge in [-0.2, -0.15) is 0 Å². The zero-order valence-electron chi connectivity index (χ0n) is 15.6. The molecule has 0 aliphatic rings. The Morgan fingerprint density at radius 1 is 1.12 bits per heavy atom. The van der Waals surface area contributed by atoms with Gasteiger partial charge in [0.1, 0.15) is 5.75 Å². The van der Waals surface area contributed by atoms with Crippen molar-refractivity contribution >= 4 is 17.7 Å². The van der Waals surface area contributed by atoms with E-state index in [1.54, 1.807) is 25.3 Å². The molecule has 1 amide bonds. The maximum atomic E-state index is 12.1. The largest absolute Gasteiger partial charge is 0.494 e. The molecule has 0 radical (unpaired) electrons. The van der Waals surface area contributed by atoms with Gasteiger partial charge in [-0.15, -0.1) is 0 Å². The quantitative estimate of drug-likeness (QED) is 0.707. The van der Waals surface area contributed by atoms with Gasteiger partial charge in [0.2, 0.25) is 5.91 Å². The van der Waals surface area contributed by atoms with Crippen molar-refractivity contribution in [2.45, 2.75) is 26.9 Å². The molecule has 0 aliphatic carbocycles. The van der Waals surface area contributed by atoms with Gasteiger partial charge in [0.25, 0.3) is 0 Å². The highest BCUT2D eigenvalue weighted by molar-refractivity contribution is 6.01. The first-order valence-corrected chi connectivity index (χ1v) is 8.58. The summed E-state index contributed by atoms with van der Waals surface area (Å²) in [6, 6.07) is 12.8. The Bertz CT molecular complexity index is 751. The monoisotopic (exact) mass is 355 g/mol. The number of ether oxygens (including phenoxy) is 3. The number of hydrogen-bond acceptors (Lipinski definition) is 4. The van der Waals surface area contributed by atoms with E-state index in [0.717, 1.165) is 11.3 Å². The van der Waals surface area contributed by atoms with Crippen molar-refractivity contribution in [2.24, 2.45) is 0 Å². The number of benzene rings is 2. The Morgan fingerprint density at radius 2 is 1.85 bits per heavy atom. The summed E-state index contributed by atoms with van der Waals surface area (Å²) >= 11 is 0. The average molecular weight is 355 g/mol. The molecule has 0 aliphatic heterocycles. The van der Waals surface area contributed by atoms with Crippen LogP contribution >= 0.6 is 0 Å². The molecule has 1 N–H and O–H groups in total. The Kier molecular flexibility index (Phi) is 7.09. The topological polar surface area (TPSA) is 56.8 Å². The van der Waals surface area contributed by atoms with Crippen molar-refractivity contribution in [1.82, 2.24) is 0 Å². The number of amides is 1. The van der Waals surface area contributed by atoms with Gasteiger partial charge in [-0.1, -0.05) is 6.07 Å². The third-order valence-electron chi connectivity index (χ3n) is 3.41. The lowest BCUT2D eigenvalue weighted by molar-refractivity contribution is -0.111. The van der Waals surface area contributed by atoms with Gasteiger partial charge >= 0.3 is 0 Å². The van der Waals surface area contributed by atoms with Gasteiger partial charge in [0.15, 0.2) is 11.5 Å². The summed E-state index contributed by atoms with van der Waals surface area (Å²) in [5.74, 6) is 1.87. The molecule has 2 rings (SSSR count). The fourth-order valence-electron chi connectivity index (χ4n) is 2.30. The van der Waals surface area contributed by atoms with E-state index in [2.05, 4.69) is 5.32 Å². The molecular formula is C21H25NO4. The number of rotatable bonds is 8. The SMILES string of the molecule is CCOc1ccc(NC(=O)C=Cc2ccc(OC(C)C)c(OC)c2)cc1. The second kappa shape index (κ2) is 9.51. The number of nitrogens with one attached hydrogen (secondary N) is 1. The predicted octanol–water partition coefficient (Wildman–Crippen LogP) is 4.53. The summed E-state index contributed by atoms with van der Waals surface area (Å²) in [7, 11) is 1.59. The minimum atomic E-state index is -0.212. The first-order chi connectivity index (χ1) is 12.5. The Hall–Kier alpha value is -2.95. The van der Waals surface area contributed by atoms with Crippen LogP contribution in [-0.4, -0.2) is 25.7 Å². The van der Waals surface area contributed by atoms with Crippen LogP contribution in [0.1, 0.15) is 26.3 Å². The summed E-state index contributed by atoms with van der Waals surface area (Å²) in [6.07, 6.45) is 3.27. The highest BCUT2D eigenvalue weighted by Gasteiger charge is 2.07. The van der Waals surface area contributed by atoms with Gasteiger partial charge in [-0.25, -0.2) is 0 Å².